The standard InChI is InChI=1S/C18H22N2O2S.ClH/c1-18(13-19)10-11-20(14-18)23(21,22)17-9-5-8-16(12-17)15-6-3-2-4-7-15;/h2-9,12H,10-11,13-14,19H2,1H3;1H. The van der Waals surface area contributed by atoms with Gasteiger partial charge < -0.3 is 5.73 Å². The van der Waals surface area contributed by atoms with Gasteiger partial charge >= 0.3 is 0 Å². The number of hydrogen-bond acceptors (Lipinski definition) is 3. The van der Waals surface area contributed by atoms with Crippen LogP contribution < -0.4 is 5.73 Å². The molecule has 1 aliphatic heterocycles. The van der Waals surface area contributed by atoms with Gasteiger partial charge in [-0.1, -0.05) is 49.4 Å². The van der Waals surface area contributed by atoms with Gasteiger partial charge in [0, 0.05) is 13.1 Å². The van der Waals surface area contributed by atoms with Crippen molar-refractivity contribution in [3.8, 4) is 11.1 Å². The second kappa shape index (κ2) is 7.23. The van der Waals surface area contributed by atoms with Crippen molar-refractivity contribution in [1.82, 2.24) is 4.31 Å². The molecule has 1 unspecified atom stereocenters. The van der Waals surface area contributed by atoms with Crippen LogP contribution in [0.3, 0.4) is 0 Å². The minimum Gasteiger partial charge on any atom is -0.330 e. The molecule has 6 heteroatoms. The van der Waals surface area contributed by atoms with E-state index >= 15 is 0 Å². The minimum atomic E-state index is -3.47. The molecule has 0 spiro atoms. The predicted molar refractivity (Wildman–Crippen MR) is 99.7 cm³/mol. The van der Waals surface area contributed by atoms with Crippen molar-refractivity contribution in [3.63, 3.8) is 0 Å². The number of halogens is 1. The van der Waals surface area contributed by atoms with Gasteiger partial charge in [0.15, 0.2) is 0 Å². The molecule has 0 amide bonds. The Hall–Kier alpha value is -1.40. The first-order valence-corrected chi connectivity index (χ1v) is 9.24. The van der Waals surface area contributed by atoms with Crippen LogP contribution in [0.25, 0.3) is 11.1 Å². The molecule has 2 aromatic rings. The lowest BCUT2D eigenvalue weighted by atomic mass is 9.90. The van der Waals surface area contributed by atoms with E-state index in [0.717, 1.165) is 17.5 Å². The van der Waals surface area contributed by atoms with E-state index in [2.05, 4.69) is 0 Å². The van der Waals surface area contributed by atoms with Gasteiger partial charge in [-0.2, -0.15) is 4.31 Å². The van der Waals surface area contributed by atoms with Crippen molar-refractivity contribution in [3.05, 3.63) is 54.6 Å². The van der Waals surface area contributed by atoms with Gasteiger partial charge in [0.2, 0.25) is 10.0 Å². The van der Waals surface area contributed by atoms with Crippen LogP contribution in [0.2, 0.25) is 0 Å². The molecule has 0 bridgehead atoms. The van der Waals surface area contributed by atoms with E-state index in [1.54, 1.807) is 22.5 Å². The lowest BCUT2D eigenvalue weighted by molar-refractivity contribution is 0.349. The molecule has 24 heavy (non-hydrogen) atoms. The molecule has 0 aliphatic carbocycles. The van der Waals surface area contributed by atoms with Crippen molar-refractivity contribution in [2.45, 2.75) is 18.2 Å². The molecule has 0 radical (unpaired) electrons. The number of rotatable bonds is 4. The molecule has 1 saturated heterocycles. The summed E-state index contributed by atoms with van der Waals surface area (Å²) in [5, 5.41) is 0. The van der Waals surface area contributed by atoms with Crippen LogP contribution in [0, 0.1) is 5.41 Å². The summed E-state index contributed by atoms with van der Waals surface area (Å²) in [6, 6.07) is 17.0. The monoisotopic (exact) mass is 366 g/mol. The SMILES string of the molecule is CC1(CN)CCN(S(=O)(=O)c2cccc(-c3ccccc3)c2)C1.Cl. The van der Waals surface area contributed by atoms with Gasteiger partial charge in [-0.05, 0) is 41.6 Å². The zero-order valence-electron chi connectivity index (χ0n) is 13.7. The summed E-state index contributed by atoms with van der Waals surface area (Å²) in [4.78, 5) is 0.347. The summed E-state index contributed by atoms with van der Waals surface area (Å²) in [7, 11) is -3.47. The molecular formula is C18H23ClN2O2S. The van der Waals surface area contributed by atoms with Gasteiger partial charge in [0.05, 0.1) is 4.90 Å². The fourth-order valence-electron chi connectivity index (χ4n) is 2.97. The molecule has 1 heterocycles. The number of nitrogens with zero attached hydrogens (tertiary/aromatic N) is 1. The fraction of sp³-hybridized carbons (Fsp3) is 0.333. The number of nitrogens with two attached hydrogens (primary N) is 1. The van der Waals surface area contributed by atoms with Gasteiger partial charge in [0.1, 0.15) is 0 Å². The molecule has 1 fully saturated rings. The Morgan fingerprint density at radius 2 is 1.75 bits per heavy atom. The Morgan fingerprint density at radius 1 is 1.08 bits per heavy atom. The van der Waals surface area contributed by atoms with Crippen molar-refractivity contribution in [1.29, 1.82) is 0 Å². The minimum absolute atomic E-state index is 0. The molecule has 2 aromatic carbocycles. The Kier molecular flexibility index (Phi) is 5.71. The normalized spacial score (nSPS) is 21.4. The maximum absolute atomic E-state index is 12.9. The van der Waals surface area contributed by atoms with E-state index in [1.165, 1.54) is 0 Å². The number of benzene rings is 2. The van der Waals surface area contributed by atoms with Crippen molar-refractivity contribution in [2.75, 3.05) is 19.6 Å². The molecule has 130 valence electrons. The quantitative estimate of drug-likeness (QED) is 0.904. The Balaban J connectivity index is 0.00000208. The summed E-state index contributed by atoms with van der Waals surface area (Å²) in [6.07, 6.45) is 0.807. The van der Waals surface area contributed by atoms with E-state index in [1.807, 2.05) is 43.3 Å². The average Bonchev–Trinajstić information content (AvgIpc) is 3.00. The van der Waals surface area contributed by atoms with E-state index < -0.39 is 10.0 Å². The van der Waals surface area contributed by atoms with Crippen LogP contribution >= 0.6 is 12.4 Å². The maximum atomic E-state index is 12.9. The summed E-state index contributed by atoms with van der Waals surface area (Å²) in [5.74, 6) is 0. The topological polar surface area (TPSA) is 63.4 Å². The molecule has 4 nitrogen and oxygen atoms in total. The predicted octanol–water partition coefficient (Wildman–Crippen LogP) is 3.13. The Labute approximate surface area is 150 Å². The van der Waals surface area contributed by atoms with Gasteiger partial charge in [-0.15, -0.1) is 12.4 Å². The third-order valence-electron chi connectivity index (χ3n) is 4.59. The van der Waals surface area contributed by atoms with Crippen LogP contribution in [0.5, 0.6) is 0 Å². The molecule has 1 atom stereocenters. The largest absolute Gasteiger partial charge is 0.330 e. The van der Waals surface area contributed by atoms with E-state index in [4.69, 9.17) is 5.73 Å². The van der Waals surface area contributed by atoms with Crippen LogP contribution in [-0.2, 0) is 10.0 Å². The molecule has 1 aliphatic rings. The maximum Gasteiger partial charge on any atom is 0.243 e. The number of hydrogen-bond donors (Lipinski definition) is 1. The molecule has 2 N–H and O–H groups in total. The van der Waals surface area contributed by atoms with Crippen molar-refractivity contribution in [2.24, 2.45) is 11.1 Å². The van der Waals surface area contributed by atoms with Gasteiger partial charge in [-0.3, -0.25) is 0 Å². The van der Waals surface area contributed by atoms with Crippen molar-refractivity contribution < 1.29 is 8.42 Å². The third-order valence-corrected chi connectivity index (χ3v) is 6.44. The zero-order chi connectivity index (χ0) is 16.5. The smallest absolute Gasteiger partial charge is 0.243 e. The van der Waals surface area contributed by atoms with Gasteiger partial charge in [0.25, 0.3) is 0 Å². The summed E-state index contributed by atoms with van der Waals surface area (Å²) in [5.41, 5.74) is 7.59. The number of sulfonamides is 1. The van der Waals surface area contributed by atoms with Crippen LogP contribution in [0.15, 0.2) is 59.5 Å². The summed E-state index contributed by atoms with van der Waals surface area (Å²) >= 11 is 0. The second-order valence-electron chi connectivity index (χ2n) is 6.50. The van der Waals surface area contributed by atoms with Gasteiger partial charge in [-0.25, -0.2) is 8.42 Å². The zero-order valence-corrected chi connectivity index (χ0v) is 15.3. The molecule has 0 aromatic heterocycles. The first-order chi connectivity index (χ1) is 10.9. The van der Waals surface area contributed by atoms with Crippen LogP contribution in [0.4, 0.5) is 0 Å². The lowest BCUT2D eigenvalue weighted by Crippen LogP contribution is -2.34. The van der Waals surface area contributed by atoms with Crippen LogP contribution in [-0.4, -0.2) is 32.4 Å². The molecule has 0 saturated carbocycles. The average molecular weight is 367 g/mol. The Morgan fingerprint density at radius 3 is 2.38 bits per heavy atom. The highest BCUT2D eigenvalue weighted by Gasteiger charge is 2.38. The van der Waals surface area contributed by atoms with E-state index in [-0.39, 0.29) is 17.8 Å². The molecular weight excluding hydrogens is 344 g/mol. The summed E-state index contributed by atoms with van der Waals surface area (Å²) in [6.45, 7) is 3.57. The highest BCUT2D eigenvalue weighted by atomic mass is 35.5. The highest BCUT2D eigenvalue weighted by molar-refractivity contribution is 7.89. The fourth-order valence-corrected chi connectivity index (χ4v) is 4.60. The first-order valence-electron chi connectivity index (χ1n) is 7.80. The van der Waals surface area contributed by atoms with E-state index in [9.17, 15) is 8.42 Å². The highest BCUT2D eigenvalue weighted by Crippen LogP contribution is 2.33. The summed E-state index contributed by atoms with van der Waals surface area (Å²) < 4.78 is 27.4. The second-order valence-corrected chi connectivity index (χ2v) is 8.44. The first kappa shape index (κ1) is 18.9. The van der Waals surface area contributed by atoms with Crippen LogP contribution in [0.1, 0.15) is 13.3 Å². The molecule has 3 rings (SSSR count). The Bertz CT molecular complexity index is 796. The van der Waals surface area contributed by atoms with E-state index in [0.29, 0.717) is 24.5 Å². The van der Waals surface area contributed by atoms with Crippen molar-refractivity contribution >= 4 is 22.4 Å². The lowest BCUT2D eigenvalue weighted by Gasteiger charge is -2.22. The third kappa shape index (κ3) is 3.64.